The maximum atomic E-state index is 12.9. The van der Waals surface area contributed by atoms with E-state index >= 15 is 0 Å². The van der Waals surface area contributed by atoms with Crippen LogP contribution in [0.25, 0.3) is 0 Å². The van der Waals surface area contributed by atoms with E-state index in [1.807, 2.05) is 0 Å². The highest BCUT2D eigenvalue weighted by Gasteiger charge is 2.09. The van der Waals surface area contributed by atoms with Gasteiger partial charge in [-0.1, -0.05) is 29.3 Å². The number of hydrogen-bond donors (Lipinski definition) is 1. The van der Waals surface area contributed by atoms with Gasteiger partial charge in [-0.3, -0.25) is 4.79 Å². The Bertz CT molecular complexity index is 604. The molecule has 0 saturated carbocycles. The average molecular weight is 285 g/mol. The Morgan fingerprint density at radius 1 is 1.17 bits per heavy atom. The van der Waals surface area contributed by atoms with Crippen LogP contribution in [0.1, 0.15) is 10.5 Å². The van der Waals surface area contributed by atoms with Gasteiger partial charge in [-0.05, 0) is 30.3 Å². The summed E-state index contributed by atoms with van der Waals surface area (Å²) in [5.74, 6) is -1.23. The van der Waals surface area contributed by atoms with Gasteiger partial charge in [-0.25, -0.2) is 4.98 Å². The molecule has 0 atom stereocenters. The fraction of sp³-hybridized carbons (Fsp3) is 0. The number of pyridine rings is 1. The highest BCUT2D eigenvalue weighted by molar-refractivity contribution is 6.42. The average Bonchev–Trinajstić information content (AvgIpc) is 2.34. The second-order valence-corrected chi connectivity index (χ2v) is 4.24. The summed E-state index contributed by atoms with van der Waals surface area (Å²) in [5.41, 5.74) is 0.446. The van der Waals surface area contributed by atoms with E-state index in [1.54, 1.807) is 12.1 Å². The van der Waals surface area contributed by atoms with Crippen molar-refractivity contribution >= 4 is 34.8 Å². The molecule has 0 aliphatic heterocycles. The number of nitrogens with zero attached hydrogens (tertiary/aromatic N) is 1. The maximum absolute atomic E-state index is 12.9. The van der Waals surface area contributed by atoms with Gasteiger partial charge in [0.05, 0.1) is 10.0 Å². The van der Waals surface area contributed by atoms with Crippen molar-refractivity contribution in [3.63, 3.8) is 0 Å². The van der Waals surface area contributed by atoms with Crippen LogP contribution in [0.15, 0.2) is 36.4 Å². The SMILES string of the molecule is O=C(Nc1ccc(Cl)c(Cl)c1)c1cccc(F)n1. The molecule has 18 heavy (non-hydrogen) atoms. The smallest absolute Gasteiger partial charge is 0.274 e. The number of carbonyl (C=O) groups is 1. The quantitative estimate of drug-likeness (QED) is 0.853. The zero-order valence-corrected chi connectivity index (χ0v) is 10.5. The van der Waals surface area contributed by atoms with Crippen LogP contribution in [0.2, 0.25) is 10.0 Å². The lowest BCUT2D eigenvalue weighted by Crippen LogP contribution is -2.14. The van der Waals surface area contributed by atoms with Crippen LogP contribution in [-0.4, -0.2) is 10.9 Å². The Balaban J connectivity index is 2.18. The molecule has 1 N–H and O–H groups in total. The molecule has 3 nitrogen and oxygen atoms in total. The van der Waals surface area contributed by atoms with Gasteiger partial charge in [-0.2, -0.15) is 4.39 Å². The van der Waals surface area contributed by atoms with E-state index in [4.69, 9.17) is 23.2 Å². The number of aromatic nitrogens is 1. The fourth-order valence-corrected chi connectivity index (χ4v) is 1.60. The molecule has 0 radical (unpaired) electrons. The summed E-state index contributed by atoms with van der Waals surface area (Å²) < 4.78 is 12.9. The topological polar surface area (TPSA) is 42.0 Å². The number of anilines is 1. The van der Waals surface area contributed by atoms with E-state index in [0.717, 1.165) is 6.07 Å². The first-order valence-corrected chi connectivity index (χ1v) is 5.71. The van der Waals surface area contributed by atoms with Gasteiger partial charge < -0.3 is 5.32 Å². The molecule has 0 saturated heterocycles. The molecule has 1 aromatic carbocycles. The number of rotatable bonds is 2. The lowest BCUT2D eigenvalue weighted by molar-refractivity contribution is 0.102. The van der Waals surface area contributed by atoms with Crippen molar-refractivity contribution in [3.8, 4) is 0 Å². The molecule has 1 amide bonds. The van der Waals surface area contributed by atoms with Crippen LogP contribution in [0.5, 0.6) is 0 Å². The Hall–Kier alpha value is -1.65. The molecule has 1 heterocycles. The van der Waals surface area contributed by atoms with Gasteiger partial charge >= 0.3 is 0 Å². The standard InChI is InChI=1S/C12H7Cl2FN2O/c13-8-5-4-7(6-9(8)14)16-12(18)10-2-1-3-11(15)17-10/h1-6H,(H,16,18). The number of nitrogens with one attached hydrogen (secondary N) is 1. The Morgan fingerprint density at radius 3 is 2.61 bits per heavy atom. The van der Waals surface area contributed by atoms with Crippen LogP contribution in [0, 0.1) is 5.95 Å². The molecule has 1 aromatic heterocycles. The van der Waals surface area contributed by atoms with Gasteiger partial charge in [0.2, 0.25) is 5.95 Å². The number of benzene rings is 1. The minimum Gasteiger partial charge on any atom is -0.321 e. The van der Waals surface area contributed by atoms with Crippen molar-refractivity contribution in [2.24, 2.45) is 0 Å². The molecule has 0 unspecified atom stereocenters. The molecular weight excluding hydrogens is 278 g/mol. The van der Waals surface area contributed by atoms with Gasteiger partial charge in [0.15, 0.2) is 0 Å². The predicted molar refractivity (Wildman–Crippen MR) is 68.6 cm³/mol. The van der Waals surface area contributed by atoms with E-state index in [2.05, 4.69) is 10.3 Å². The van der Waals surface area contributed by atoms with Gasteiger partial charge in [0.1, 0.15) is 5.69 Å². The second kappa shape index (κ2) is 5.33. The first-order chi connectivity index (χ1) is 8.56. The number of halogens is 3. The Morgan fingerprint density at radius 2 is 1.94 bits per heavy atom. The maximum Gasteiger partial charge on any atom is 0.274 e. The van der Waals surface area contributed by atoms with E-state index in [0.29, 0.717) is 15.7 Å². The Labute approximate surface area is 113 Å². The molecule has 0 aliphatic rings. The van der Waals surface area contributed by atoms with Crippen molar-refractivity contribution < 1.29 is 9.18 Å². The molecule has 0 spiro atoms. The van der Waals surface area contributed by atoms with Crippen LogP contribution >= 0.6 is 23.2 Å². The van der Waals surface area contributed by atoms with Crippen molar-refractivity contribution in [3.05, 3.63) is 58.1 Å². The first kappa shape index (κ1) is 12.8. The number of carbonyl (C=O) groups excluding carboxylic acids is 1. The second-order valence-electron chi connectivity index (χ2n) is 3.43. The van der Waals surface area contributed by atoms with Gasteiger partial charge in [0, 0.05) is 5.69 Å². The zero-order valence-electron chi connectivity index (χ0n) is 8.95. The molecule has 0 bridgehead atoms. The van der Waals surface area contributed by atoms with E-state index in [-0.39, 0.29) is 5.69 Å². The third-order valence-electron chi connectivity index (χ3n) is 2.13. The monoisotopic (exact) mass is 284 g/mol. The van der Waals surface area contributed by atoms with Crippen molar-refractivity contribution in [1.82, 2.24) is 4.98 Å². The van der Waals surface area contributed by atoms with Crippen LogP contribution < -0.4 is 5.32 Å². The molecule has 0 aliphatic carbocycles. The fourth-order valence-electron chi connectivity index (χ4n) is 1.30. The highest BCUT2D eigenvalue weighted by Crippen LogP contribution is 2.25. The lowest BCUT2D eigenvalue weighted by atomic mass is 10.3. The van der Waals surface area contributed by atoms with E-state index in [9.17, 15) is 9.18 Å². The normalized spacial score (nSPS) is 10.2. The van der Waals surface area contributed by atoms with Gasteiger partial charge in [-0.15, -0.1) is 0 Å². The van der Waals surface area contributed by atoms with Gasteiger partial charge in [0.25, 0.3) is 5.91 Å². The lowest BCUT2D eigenvalue weighted by Gasteiger charge is -2.05. The molecular formula is C12H7Cl2FN2O. The van der Waals surface area contributed by atoms with E-state index < -0.39 is 11.9 Å². The Kier molecular flexibility index (Phi) is 3.79. The summed E-state index contributed by atoms with van der Waals surface area (Å²) in [5, 5.41) is 3.25. The number of amides is 1. The predicted octanol–water partition coefficient (Wildman–Crippen LogP) is 3.78. The zero-order chi connectivity index (χ0) is 13.1. The summed E-state index contributed by atoms with van der Waals surface area (Å²) >= 11 is 11.6. The van der Waals surface area contributed by atoms with Crippen LogP contribution in [0.3, 0.4) is 0 Å². The van der Waals surface area contributed by atoms with Crippen molar-refractivity contribution in [2.45, 2.75) is 0 Å². The van der Waals surface area contributed by atoms with Crippen molar-refractivity contribution in [2.75, 3.05) is 5.32 Å². The largest absolute Gasteiger partial charge is 0.321 e. The summed E-state index contributed by atoms with van der Waals surface area (Å²) in [4.78, 5) is 15.2. The first-order valence-electron chi connectivity index (χ1n) is 4.95. The molecule has 2 rings (SSSR count). The highest BCUT2D eigenvalue weighted by atomic mass is 35.5. The van der Waals surface area contributed by atoms with Crippen molar-refractivity contribution in [1.29, 1.82) is 0 Å². The molecule has 6 heteroatoms. The van der Waals surface area contributed by atoms with Crippen LogP contribution in [-0.2, 0) is 0 Å². The van der Waals surface area contributed by atoms with E-state index in [1.165, 1.54) is 18.2 Å². The molecule has 2 aromatic rings. The third kappa shape index (κ3) is 2.97. The summed E-state index contributed by atoms with van der Waals surface area (Å²) in [6, 6.07) is 8.63. The summed E-state index contributed by atoms with van der Waals surface area (Å²) in [6.45, 7) is 0. The minimum atomic E-state index is -0.711. The third-order valence-corrected chi connectivity index (χ3v) is 2.86. The summed E-state index contributed by atoms with van der Waals surface area (Å²) in [6.07, 6.45) is 0. The minimum absolute atomic E-state index is 0.0129. The molecule has 92 valence electrons. The number of hydrogen-bond acceptors (Lipinski definition) is 2. The van der Waals surface area contributed by atoms with Crippen LogP contribution in [0.4, 0.5) is 10.1 Å². The summed E-state index contributed by atoms with van der Waals surface area (Å²) in [7, 11) is 0. The molecule has 0 fully saturated rings.